The average Bonchev–Trinajstić information content (AvgIpc) is 2.80. The number of nitrogens with one attached hydrogen (secondary N) is 1. The number of alkyl halides is 3. The normalized spacial score (nSPS) is 11.9. The van der Waals surface area contributed by atoms with E-state index >= 15 is 0 Å². The van der Waals surface area contributed by atoms with E-state index in [4.69, 9.17) is 4.18 Å². The van der Waals surface area contributed by atoms with Crippen molar-refractivity contribution in [1.29, 1.82) is 0 Å². The first-order valence-corrected chi connectivity index (χ1v) is 11.3. The Balaban J connectivity index is 1.63. The lowest BCUT2D eigenvalue weighted by Gasteiger charge is -2.13. The number of benzene rings is 3. The van der Waals surface area contributed by atoms with Crippen molar-refractivity contribution >= 4 is 32.6 Å². The number of amides is 1. The maximum absolute atomic E-state index is 12.8. The maximum Gasteiger partial charge on any atom is 0.416 e. The van der Waals surface area contributed by atoms with Crippen LogP contribution in [0, 0.1) is 6.92 Å². The van der Waals surface area contributed by atoms with Crippen LogP contribution in [0.2, 0.25) is 0 Å². The van der Waals surface area contributed by atoms with Gasteiger partial charge < -0.3 is 9.50 Å². The Morgan fingerprint density at radius 2 is 1.62 bits per heavy atom. The van der Waals surface area contributed by atoms with Crippen molar-refractivity contribution in [2.24, 2.45) is 0 Å². The van der Waals surface area contributed by atoms with E-state index in [9.17, 15) is 26.4 Å². The van der Waals surface area contributed by atoms with E-state index < -0.39 is 27.8 Å². The second-order valence-electron chi connectivity index (χ2n) is 7.39. The van der Waals surface area contributed by atoms with Gasteiger partial charge in [-0.05, 0) is 67.6 Å². The molecule has 0 bridgehead atoms. The highest BCUT2D eigenvalue weighted by molar-refractivity contribution is 7.87. The van der Waals surface area contributed by atoms with Crippen LogP contribution in [-0.2, 0) is 16.3 Å². The van der Waals surface area contributed by atoms with Crippen molar-refractivity contribution in [2.75, 3.05) is 5.32 Å². The van der Waals surface area contributed by atoms with Gasteiger partial charge in [0.05, 0.1) is 16.8 Å². The summed E-state index contributed by atoms with van der Waals surface area (Å²) in [5.41, 5.74) is 0.522. The molecule has 34 heavy (non-hydrogen) atoms. The van der Waals surface area contributed by atoms with Gasteiger partial charge in [-0.2, -0.15) is 21.6 Å². The van der Waals surface area contributed by atoms with Gasteiger partial charge in [0.1, 0.15) is 4.90 Å². The standard InChI is InChI=1S/C24H17F3N2O4S/c1-15-4-10-18(11-5-15)34(31,32)33-21-13-12-20(22-19(21)3-2-14-28-22)29-23(30)16-6-8-17(9-7-16)24(25,26)27/h2-14H,1H3,(H,29,30). The molecular weight excluding hydrogens is 469 g/mol. The number of aryl methyl sites for hydroxylation is 1. The Labute approximate surface area is 193 Å². The topological polar surface area (TPSA) is 85.4 Å². The largest absolute Gasteiger partial charge is 0.416 e. The number of aromatic nitrogens is 1. The molecule has 6 nitrogen and oxygen atoms in total. The van der Waals surface area contributed by atoms with E-state index in [0.29, 0.717) is 5.39 Å². The Morgan fingerprint density at radius 3 is 2.26 bits per heavy atom. The van der Waals surface area contributed by atoms with E-state index in [-0.39, 0.29) is 27.4 Å². The number of hydrogen-bond donors (Lipinski definition) is 1. The molecule has 0 fully saturated rings. The molecule has 174 valence electrons. The highest BCUT2D eigenvalue weighted by Gasteiger charge is 2.30. The third-order valence-corrected chi connectivity index (χ3v) is 6.21. The Bertz CT molecular complexity index is 1470. The molecule has 4 aromatic rings. The average molecular weight is 486 g/mol. The molecule has 1 aromatic heterocycles. The lowest BCUT2D eigenvalue weighted by molar-refractivity contribution is -0.137. The third-order valence-electron chi connectivity index (χ3n) is 4.96. The van der Waals surface area contributed by atoms with Crippen molar-refractivity contribution in [3.8, 4) is 5.75 Å². The zero-order chi connectivity index (χ0) is 24.5. The summed E-state index contributed by atoms with van der Waals surface area (Å²) in [5.74, 6) is -0.641. The number of rotatable bonds is 5. The predicted octanol–water partition coefficient (Wildman–Crippen LogP) is 5.58. The van der Waals surface area contributed by atoms with Crippen LogP contribution in [0.15, 0.2) is 83.9 Å². The number of pyridine rings is 1. The summed E-state index contributed by atoms with van der Waals surface area (Å²) in [7, 11) is -4.12. The van der Waals surface area contributed by atoms with Crippen LogP contribution in [-0.4, -0.2) is 19.3 Å². The van der Waals surface area contributed by atoms with Gasteiger partial charge in [-0.1, -0.05) is 17.7 Å². The monoisotopic (exact) mass is 486 g/mol. The van der Waals surface area contributed by atoms with Crippen LogP contribution < -0.4 is 9.50 Å². The number of nitrogens with zero attached hydrogens (tertiary/aromatic N) is 1. The molecule has 0 aliphatic rings. The number of halogens is 3. The minimum atomic E-state index is -4.51. The third kappa shape index (κ3) is 4.86. The first-order chi connectivity index (χ1) is 16.0. The van der Waals surface area contributed by atoms with Gasteiger partial charge in [0, 0.05) is 17.1 Å². The quantitative estimate of drug-likeness (QED) is 0.372. The predicted molar refractivity (Wildman–Crippen MR) is 120 cm³/mol. The molecule has 1 amide bonds. The number of carbonyl (C=O) groups excluding carboxylic acids is 1. The molecule has 0 spiro atoms. The van der Waals surface area contributed by atoms with Crippen LogP contribution in [0.25, 0.3) is 10.9 Å². The Hall–Kier alpha value is -3.92. The molecular formula is C24H17F3N2O4S. The first-order valence-electron chi connectivity index (χ1n) is 9.92. The molecule has 0 atom stereocenters. The fourth-order valence-corrected chi connectivity index (χ4v) is 4.14. The summed E-state index contributed by atoms with van der Waals surface area (Å²) < 4.78 is 69.0. The van der Waals surface area contributed by atoms with Crippen LogP contribution in [0.5, 0.6) is 5.75 Å². The second kappa shape index (κ2) is 8.79. The maximum atomic E-state index is 12.8. The first kappa shape index (κ1) is 23.2. The van der Waals surface area contributed by atoms with Gasteiger partial charge in [0.15, 0.2) is 5.75 Å². The van der Waals surface area contributed by atoms with Crippen molar-refractivity contribution in [3.05, 3.63) is 95.7 Å². The number of carbonyl (C=O) groups is 1. The number of fused-ring (bicyclic) bond motifs is 1. The van der Waals surface area contributed by atoms with Crippen LogP contribution in [0.1, 0.15) is 21.5 Å². The minimum Gasteiger partial charge on any atom is -0.378 e. The van der Waals surface area contributed by atoms with E-state index in [1.807, 2.05) is 6.92 Å². The van der Waals surface area contributed by atoms with E-state index in [2.05, 4.69) is 10.3 Å². The van der Waals surface area contributed by atoms with E-state index in [1.54, 1.807) is 24.3 Å². The molecule has 3 aromatic carbocycles. The molecule has 1 N–H and O–H groups in total. The Morgan fingerprint density at radius 1 is 0.941 bits per heavy atom. The van der Waals surface area contributed by atoms with E-state index in [0.717, 1.165) is 29.8 Å². The second-order valence-corrected chi connectivity index (χ2v) is 8.94. The summed E-state index contributed by atoms with van der Waals surface area (Å²) in [4.78, 5) is 16.8. The zero-order valence-electron chi connectivity index (χ0n) is 17.6. The molecule has 4 rings (SSSR count). The molecule has 0 aliphatic carbocycles. The van der Waals surface area contributed by atoms with Gasteiger partial charge >= 0.3 is 16.3 Å². The highest BCUT2D eigenvalue weighted by Crippen LogP contribution is 2.33. The van der Waals surface area contributed by atoms with Crippen LogP contribution >= 0.6 is 0 Å². The van der Waals surface area contributed by atoms with Gasteiger partial charge in [0.2, 0.25) is 0 Å². The highest BCUT2D eigenvalue weighted by atomic mass is 32.2. The molecule has 0 radical (unpaired) electrons. The Kier molecular flexibility index (Phi) is 6.01. The smallest absolute Gasteiger partial charge is 0.378 e. The van der Waals surface area contributed by atoms with Gasteiger partial charge in [0.25, 0.3) is 5.91 Å². The van der Waals surface area contributed by atoms with Crippen molar-refractivity contribution in [1.82, 2.24) is 4.98 Å². The minimum absolute atomic E-state index is 0.0104. The molecule has 0 saturated heterocycles. The molecule has 0 unspecified atom stereocenters. The van der Waals surface area contributed by atoms with Crippen LogP contribution in [0.4, 0.5) is 18.9 Å². The molecule has 1 heterocycles. The van der Waals surface area contributed by atoms with Crippen molar-refractivity contribution in [3.63, 3.8) is 0 Å². The summed E-state index contributed by atoms with van der Waals surface area (Å²) in [6.45, 7) is 1.83. The SMILES string of the molecule is Cc1ccc(S(=O)(=O)Oc2ccc(NC(=O)c3ccc(C(F)(F)F)cc3)c3ncccc23)cc1. The van der Waals surface area contributed by atoms with Crippen molar-refractivity contribution in [2.45, 2.75) is 18.0 Å². The summed E-state index contributed by atoms with van der Waals surface area (Å²) in [6, 6.07) is 15.9. The zero-order valence-corrected chi connectivity index (χ0v) is 18.4. The summed E-state index contributed by atoms with van der Waals surface area (Å²) in [6.07, 6.45) is -3.06. The van der Waals surface area contributed by atoms with Gasteiger partial charge in [-0.15, -0.1) is 0 Å². The molecule has 0 aliphatic heterocycles. The lowest BCUT2D eigenvalue weighted by atomic mass is 10.1. The lowest BCUT2D eigenvalue weighted by Crippen LogP contribution is -2.14. The van der Waals surface area contributed by atoms with Gasteiger partial charge in [-0.25, -0.2) is 0 Å². The fraction of sp³-hybridized carbons (Fsp3) is 0.0833. The summed E-state index contributed by atoms with van der Waals surface area (Å²) in [5, 5.41) is 2.92. The van der Waals surface area contributed by atoms with Crippen molar-refractivity contribution < 1.29 is 30.6 Å². The number of hydrogen-bond acceptors (Lipinski definition) is 5. The van der Waals surface area contributed by atoms with E-state index in [1.165, 1.54) is 30.5 Å². The molecule has 10 heteroatoms. The van der Waals surface area contributed by atoms with Gasteiger partial charge in [-0.3, -0.25) is 9.78 Å². The summed E-state index contributed by atoms with van der Waals surface area (Å²) >= 11 is 0. The number of anilines is 1. The van der Waals surface area contributed by atoms with Crippen LogP contribution in [0.3, 0.4) is 0 Å². The molecule has 0 saturated carbocycles. The fourth-order valence-electron chi connectivity index (χ4n) is 3.20.